The molecule has 12 nitrogen and oxygen atoms in total. The number of nitrogens with zero attached hydrogens (tertiary/aromatic N) is 3. The number of nitro groups is 1. The summed E-state index contributed by atoms with van der Waals surface area (Å²) in [6, 6.07) is 1.19. The number of aromatic nitrogens is 1. The number of amides is 2. The van der Waals surface area contributed by atoms with Crippen molar-refractivity contribution in [2.75, 3.05) is 26.2 Å². The van der Waals surface area contributed by atoms with Crippen molar-refractivity contribution in [1.82, 2.24) is 14.8 Å². The normalized spacial score (nSPS) is 11.5. The van der Waals surface area contributed by atoms with E-state index in [1.165, 1.54) is 21.7 Å². The molecule has 0 aliphatic rings. The van der Waals surface area contributed by atoms with Gasteiger partial charge in [0.25, 0.3) is 5.69 Å². The summed E-state index contributed by atoms with van der Waals surface area (Å²) in [4.78, 5) is 48.7. The Labute approximate surface area is 206 Å². The summed E-state index contributed by atoms with van der Waals surface area (Å²) in [5.41, 5.74) is -1.42. The molecule has 0 saturated carbocycles. The predicted octanol–water partition coefficient (Wildman–Crippen LogP) is 4.12. The Hall–Kier alpha value is -3.31. The first kappa shape index (κ1) is 29.7. The second kappa shape index (κ2) is 13.0. The van der Waals surface area contributed by atoms with Crippen LogP contribution in [0.15, 0.2) is 12.3 Å². The Kier molecular flexibility index (Phi) is 11.0. The van der Waals surface area contributed by atoms with Crippen molar-refractivity contribution in [1.29, 1.82) is 0 Å². The van der Waals surface area contributed by atoms with E-state index in [0.717, 1.165) is 0 Å². The Morgan fingerprint density at radius 1 is 1.06 bits per heavy atom. The van der Waals surface area contributed by atoms with Crippen LogP contribution in [0.1, 0.15) is 71.8 Å². The molecule has 1 N–H and O–H groups in total. The van der Waals surface area contributed by atoms with Crippen molar-refractivity contribution in [3.63, 3.8) is 0 Å². The first-order chi connectivity index (χ1) is 16.1. The molecule has 1 heterocycles. The number of carbonyl (C=O) groups excluding carboxylic acids is 3. The molecule has 35 heavy (non-hydrogen) atoms. The average Bonchev–Trinajstić information content (AvgIpc) is 3.12. The molecule has 0 saturated heterocycles. The van der Waals surface area contributed by atoms with E-state index < -0.39 is 34.3 Å². The largest absolute Gasteiger partial charge is 0.461 e. The fourth-order valence-corrected chi connectivity index (χ4v) is 2.97. The van der Waals surface area contributed by atoms with Crippen molar-refractivity contribution in [2.24, 2.45) is 0 Å². The number of aryl methyl sites for hydroxylation is 1. The van der Waals surface area contributed by atoms with Crippen LogP contribution in [0.25, 0.3) is 0 Å². The monoisotopic (exact) mass is 498 g/mol. The van der Waals surface area contributed by atoms with Crippen LogP contribution in [0, 0.1) is 10.1 Å². The van der Waals surface area contributed by atoms with Crippen molar-refractivity contribution >= 4 is 23.8 Å². The van der Waals surface area contributed by atoms with Gasteiger partial charge in [-0.05, 0) is 61.3 Å². The molecular weight excluding hydrogens is 460 g/mol. The van der Waals surface area contributed by atoms with Crippen LogP contribution < -0.4 is 5.32 Å². The van der Waals surface area contributed by atoms with Crippen molar-refractivity contribution in [2.45, 2.75) is 79.1 Å². The van der Waals surface area contributed by atoms with E-state index in [2.05, 4.69) is 5.32 Å². The SMILES string of the molecule is CCOC(=O)c1cc([N+](=O)[O-])cn1CCCCN(CCNC(=O)OC(C)(C)C)C(=O)OC(C)(C)C. The highest BCUT2D eigenvalue weighted by atomic mass is 16.6. The van der Waals surface area contributed by atoms with E-state index in [4.69, 9.17) is 14.2 Å². The van der Waals surface area contributed by atoms with Crippen LogP contribution in [-0.2, 0) is 20.8 Å². The second-order valence-corrected chi connectivity index (χ2v) is 9.86. The molecule has 1 aromatic heterocycles. The van der Waals surface area contributed by atoms with Crippen LogP contribution >= 0.6 is 0 Å². The lowest BCUT2D eigenvalue weighted by atomic mass is 10.2. The highest BCUT2D eigenvalue weighted by molar-refractivity contribution is 5.88. The third kappa shape index (κ3) is 11.6. The molecular formula is C23H38N4O8. The van der Waals surface area contributed by atoms with Gasteiger partial charge in [0, 0.05) is 32.2 Å². The minimum absolute atomic E-state index is 0.101. The maximum atomic E-state index is 12.6. The van der Waals surface area contributed by atoms with E-state index in [1.54, 1.807) is 48.5 Å². The van der Waals surface area contributed by atoms with E-state index in [9.17, 15) is 24.5 Å². The van der Waals surface area contributed by atoms with Crippen molar-refractivity contribution in [3.8, 4) is 0 Å². The minimum Gasteiger partial charge on any atom is -0.461 e. The lowest BCUT2D eigenvalue weighted by molar-refractivity contribution is -0.384. The number of alkyl carbamates (subject to hydrolysis) is 1. The van der Waals surface area contributed by atoms with Gasteiger partial charge in [0.1, 0.15) is 16.9 Å². The summed E-state index contributed by atoms with van der Waals surface area (Å²) in [6.45, 7) is 13.4. The number of esters is 1. The predicted molar refractivity (Wildman–Crippen MR) is 128 cm³/mol. The number of hydrogen-bond acceptors (Lipinski definition) is 8. The molecule has 0 spiro atoms. The topological polar surface area (TPSA) is 142 Å². The molecule has 0 aromatic carbocycles. The van der Waals surface area contributed by atoms with E-state index >= 15 is 0 Å². The van der Waals surface area contributed by atoms with E-state index in [0.29, 0.717) is 25.9 Å². The smallest absolute Gasteiger partial charge is 0.410 e. The third-order valence-corrected chi connectivity index (χ3v) is 4.36. The molecule has 0 atom stereocenters. The fraction of sp³-hybridized carbons (Fsp3) is 0.696. The molecule has 0 unspecified atom stereocenters. The van der Waals surface area contributed by atoms with Gasteiger partial charge in [-0.2, -0.15) is 0 Å². The Morgan fingerprint density at radius 3 is 2.23 bits per heavy atom. The van der Waals surface area contributed by atoms with Crippen LogP contribution in [0.3, 0.4) is 0 Å². The van der Waals surface area contributed by atoms with Crippen LogP contribution in [0.5, 0.6) is 0 Å². The molecule has 12 heteroatoms. The summed E-state index contributed by atoms with van der Waals surface area (Å²) >= 11 is 0. The summed E-state index contributed by atoms with van der Waals surface area (Å²) in [5.74, 6) is -0.635. The third-order valence-electron chi connectivity index (χ3n) is 4.36. The summed E-state index contributed by atoms with van der Waals surface area (Å²) in [6.07, 6.45) is 1.24. The van der Waals surface area contributed by atoms with Crippen molar-refractivity contribution < 1.29 is 33.5 Å². The fourth-order valence-electron chi connectivity index (χ4n) is 2.97. The zero-order valence-electron chi connectivity index (χ0n) is 21.7. The quantitative estimate of drug-likeness (QED) is 0.158. The van der Waals surface area contributed by atoms with Gasteiger partial charge >= 0.3 is 18.2 Å². The van der Waals surface area contributed by atoms with Gasteiger partial charge in [0.15, 0.2) is 0 Å². The molecule has 0 fully saturated rings. The standard InChI is InChI=1S/C23H38N4O8/c1-8-33-19(28)18-15-17(27(31)32)16-26(18)13-10-9-12-25(21(30)35-23(5,6)7)14-11-24-20(29)34-22(2,3)4/h15-16H,8-14H2,1-7H3,(H,24,29). The van der Waals surface area contributed by atoms with Gasteiger partial charge in [0.2, 0.25) is 0 Å². The van der Waals surface area contributed by atoms with Gasteiger partial charge in [-0.15, -0.1) is 0 Å². The van der Waals surface area contributed by atoms with E-state index in [-0.39, 0.29) is 31.1 Å². The Bertz CT molecular complexity index is 883. The van der Waals surface area contributed by atoms with Gasteiger partial charge in [-0.25, -0.2) is 14.4 Å². The molecule has 0 bridgehead atoms. The number of unbranched alkanes of at least 4 members (excludes halogenated alkanes) is 1. The zero-order valence-corrected chi connectivity index (χ0v) is 21.7. The second-order valence-electron chi connectivity index (χ2n) is 9.86. The maximum absolute atomic E-state index is 12.6. The first-order valence-corrected chi connectivity index (χ1v) is 11.6. The first-order valence-electron chi connectivity index (χ1n) is 11.6. The van der Waals surface area contributed by atoms with Gasteiger partial charge in [0.05, 0.1) is 17.7 Å². The highest BCUT2D eigenvalue weighted by Gasteiger charge is 2.23. The highest BCUT2D eigenvalue weighted by Crippen LogP contribution is 2.19. The average molecular weight is 499 g/mol. The van der Waals surface area contributed by atoms with Crippen LogP contribution in [0.4, 0.5) is 15.3 Å². The number of rotatable bonds is 11. The molecule has 0 radical (unpaired) electrons. The number of carbonyl (C=O) groups is 3. The lowest BCUT2D eigenvalue weighted by Crippen LogP contribution is -2.42. The minimum atomic E-state index is -0.688. The van der Waals surface area contributed by atoms with Gasteiger partial charge in [-0.3, -0.25) is 10.1 Å². The van der Waals surface area contributed by atoms with Crippen LogP contribution in [-0.4, -0.2) is 70.0 Å². The lowest BCUT2D eigenvalue weighted by Gasteiger charge is -2.28. The summed E-state index contributed by atoms with van der Waals surface area (Å²) in [5, 5.41) is 13.7. The maximum Gasteiger partial charge on any atom is 0.410 e. The molecule has 0 aliphatic heterocycles. The molecule has 1 aromatic rings. The van der Waals surface area contributed by atoms with Crippen molar-refractivity contribution in [3.05, 3.63) is 28.1 Å². The molecule has 0 aliphatic carbocycles. The number of hydrogen-bond donors (Lipinski definition) is 1. The molecule has 198 valence electrons. The number of nitrogens with one attached hydrogen (secondary N) is 1. The summed E-state index contributed by atoms with van der Waals surface area (Å²) < 4.78 is 17.1. The Morgan fingerprint density at radius 2 is 1.69 bits per heavy atom. The molecule has 2 amide bonds. The van der Waals surface area contributed by atoms with Crippen LogP contribution in [0.2, 0.25) is 0 Å². The van der Waals surface area contributed by atoms with E-state index in [1.807, 2.05) is 0 Å². The van der Waals surface area contributed by atoms with Gasteiger partial charge in [-0.1, -0.05) is 0 Å². The number of ether oxygens (including phenoxy) is 3. The molecule has 1 rings (SSSR count). The zero-order chi connectivity index (χ0) is 26.8. The Balaban J connectivity index is 2.75. The summed E-state index contributed by atoms with van der Waals surface area (Å²) in [7, 11) is 0. The van der Waals surface area contributed by atoms with Gasteiger partial charge < -0.3 is 29.0 Å².